The number of unbranched alkanes of at least 4 members (excludes halogenated alkanes) is 1. The molecule has 2 aliphatic rings. The van der Waals surface area contributed by atoms with Crippen LogP contribution in [0.1, 0.15) is 58.3 Å². The van der Waals surface area contributed by atoms with Gasteiger partial charge in [-0.2, -0.15) is 0 Å². The summed E-state index contributed by atoms with van der Waals surface area (Å²) in [6.07, 6.45) is 11.3. The molecule has 0 amide bonds. The summed E-state index contributed by atoms with van der Waals surface area (Å²) in [7, 11) is 0. The number of carbonyl (C=O) groups excluding carboxylic acids is 1. The van der Waals surface area contributed by atoms with E-state index in [2.05, 4.69) is 13.0 Å². The summed E-state index contributed by atoms with van der Waals surface area (Å²) in [6.45, 7) is 2.16. The minimum absolute atomic E-state index is 0.375. The number of Topliss-reactive ketones (excluding diaryl/α,β-unsaturated/α-hetero) is 1. The van der Waals surface area contributed by atoms with Crippen molar-refractivity contribution in [2.75, 3.05) is 0 Å². The zero-order valence-electron chi connectivity index (χ0n) is 9.64. The van der Waals surface area contributed by atoms with Crippen LogP contribution in [0.2, 0.25) is 0 Å². The van der Waals surface area contributed by atoms with Crippen molar-refractivity contribution in [2.45, 2.75) is 58.3 Å². The Balaban J connectivity index is 2.13. The van der Waals surface area contributed by atoms with Crippen molar-refractivity contribution < 1.29 is 4.79 Å². The quantitative estimate of drug-likeness (QED) is 0.622. The molecule has 0 spiro atoms. The molecule has 15 heavy (non-hydrogen) atoms. The van der Waals surface area contributed by atoms with E-state index < -0.39 is 0 Å². The highest BCUT2D eigenvalue weighted by molar-refractivity contribution is 6.11. The standard InChI is InChI=1S/C14H20O/c1-2-3-6-12-9-10-13(14(12)15)11-7-4-5-8-11/h6H,2-5,7-10H2,1H3/b12-6-. The third-order valence-corrected chi connectivity index (χ3v) is 3.52. The fraction of sp³-hybridized carbons (Fsp3) is 0.643. The predicted octanol–water partition coefficient (Wildman–Crippen LogP) is 3.95. The van der Waals surface area contributed by atoms with E-state index in [1.54, 1.807) is 0 Å². The van der Waals surface area contributed by atoms with Crippen LogP contribution in [0.15, 0.2) is 22.8 Å². The van der Waals surface area contributed by atoms with Gasteiger partial charge in [0, 0.05) is 0 Å². The van der Waals surface area contributed by atoms with Gasteiger partial charge in [-0.05, 0) is 56.1 Å². The van der Waals surface area contributed by atoms with Crippen LogP contribution in [0.5, 0.6) is 0 Å². The molecule has 2 saturated carbocycles. The summed E-state index contributed by atoms with van der Waals surface area (Å²) in [6, 6.07) is 0. The second-order valence-corrected chi connectivity index (χ2v) is 4.64. The van der Waals surface area contributed by atoms with Crippen molar-refractivity contribution in [3.05, 3.63) is 22.8 Å². The van der Waals surface area contributed by atoms with E-state index in [9.17, 15) is 4.79 Å². The molecule has 0 saturated heterocycles. The Morgan fingerprint density at radius 1 is 1.13 bits per heavy atom. The second kappa shape index (κ2) is 4.78. The third kappa shape index (κ3) is 2.22. The van der Waals surface area contributed by atoms with E-state index >= 15 is 0 Å². The molecule has 0 N–H and O–H groups in total. The molecule has 0 aliphatic heterocycles. The summed E-state index contributed by atoms with van der Waals surface area (Å²) in [5.74, 6) is 0.375. The molecule has 0 aromatic rings. The van der Waals surface area contributed by atoms with Gasteiger partial charge in [-0.25, -0.2) is 0 Å². The van der Waals surface area contributed by atoms with Gasteiger partial charge >= 0.3 is 0 Å². The first-order valence-electron chi connectivity index (χ1n) is 6.27. The minimum atomic E-state index is 0.375. The Hall–Kier alpha value is -0.850. The zero-order chi connectivity index (χ0) is 10.7. The second-order valence-electron chi connectivity index (χ2n) is 4.64. The van der Waals surface area contributed by atoms with Gasteiger partial charge in [0.2, 0.25) is 0 Å². The molecule has 2 fully saturated rings. The number of carbonyl (C=O) groups is 1. The molecule has 1 heteroatoms. The zero-order valence-corrected chi connectivity index (χ0v) is 9.64. The van der Waals surface area contributed by atoms with Gasteiger partial charge in [0.15, 0.2) is 5.78 Å². The highest BCUT2D eigenvalue weighted by atomic mass is 16.1. The van der Waals surface area contributed by atoms with Crippen LogP contribution >= 0.6 is 0 Å². The van der Waals surface area contributed by atoms with E-state index in [1.807, 2.05) is 0 Å². The fourth-order valence-electron chi connectivity index (χ4n) is 2.63. The van der Waals surface area contributed by atoms with Gasteiger partial charge in [-0.1, -0.05) is 25.0 Å². The van der Waals surface area contributed by atoms with Crippen LogP contribution < -0.4 is 0 Å². The lowest BCUT2D eigenvalue weighted by atomic mass is 10.0. The Morgan fingerprint density at radius 3 is 2.53 bits per heavy atom. The van der Waals surface area contributed by atoms with E-state index in [1.165, 1.54) is 36.8 Å². The van der Waals surface area contributed by atoms with Gasteiger partial charge in [0.05, 0.1) is 0 Å². The van der Waals surface area contributed by atoms with Gasteiger partial charge in [-0.15, -0.1) is 0 Å². The molecule has 2 rings (SSSR count). The van der Waals surface area contributed by atoms with E-state index in [4.69, 9.17) is 0 Å². The topological polar surface area (TPSA) is 17.1 Å². The lowest BCUT2D eigenvalue weighted by molar-refractivity contribution is -0.111. The molecule has 0 atom stereocenters. The Kier molecular flexibility index (Phi) is 3.40. The Morgan fingerprint density at radius 2 is 1.87 bits per heavy atom. The number of hydrogen-bond donors (Lipinski definition) is 0. The highest BCUT2D eigenvalue weighted by Gasteiger charge is 2.26. The molecule has 82 valence electrons. The molecule has 0 bridgehead atoms. The number of ketones is 1. The van der Waals surface area contributed by atoms with Crippen LogP contribution in [-0.4, -0.2) is 5.78 Å². The fourth-order valence-corrected chi connectivity index (χ4v) is 2.63. The molecular formula is C14H20O. The minimum Gasteiger partial charge on any atom is -0.289 e. The van der Waals surface area contributed by atoms with E-state index in [-0.39, 0.29) is 0 Å². The van der Waals surface area contributed by atoms with Gasteiger partial charge < -0.3 is 0 Å². The van der Waals surface area contributed by atoms with E-state index in [0.717, 1.165) is 31.3 Å². The lowest BCUT2D eigenvalue weighted by Crippen LogP contribution is -1.98. The van der Waals surface area contributed by atoms with Crippen molar-refractivity contribution in [3.8, 4) is 0 Å². The third-order valence-electron chi connectivity index (χ3n) is 3.52. The summed E-state index contributed by atoms with van der Waals surface area (Å²) < 4.78 is 0. The predicted molar refractivity (Wildman–Crippen MR) is 62.7 cm³/mol. The van der Waals surface area contributed by atoms with Gasteiger partial charge in [0.1, 0.15) is 0 Å². The van der Waals surface area contributed by atoms with Crippen molar-refractivity contribution in [1.29, 1.82) is 0 Å². The van der Waals surface area contributed by atoms with Gasteiger partial charge in [-0.3, -0.25) is 4.79 Å². The molecule has 0 unspecified atom stereocenters. The molecule has 0 aromatic heterocycles. The maximum atomic E-state index is 12.1. The van der Waals surface area contributed by atoms with E-state index in [0.29, 0.717) is 5.78 Å². The summed E-state index contributed by atoms with van der Waals surface area (Å²) in [4.78, 5) is 12.1. The molecule has 0 heterocycles. The summed E-state index contributed by atoms with van der Waals surface area (Å²) >= 11 is 0. The molecule has 2 aliphatic carbocycles. The Labute approximate surface area is 92.3 Å². The Bertz CT molecular complexity index is 312. The molecule has 0 radical (unpaired) electrons. The van der Waals surface area contributed by atoms with Crippen molar-refractivity contribution >= 4 is 5.78 Å². The SMILES string of the molecule is CCC/C=C1/CCC(=C2CCCC2)C1=O. The van der Waals surface area contributed by atoms with Crippen molar-refractivity contribution in [1.82, 2.24) is 0 Å². The number of rotatable bonds is 2. The highest BCUT2D eigenvalue weighted by Crippen LogP contribution is 2.35. The maximum Gasteiger partial charge on any atom is 0.184 e. The largest absolute Gasteiger partial charge is 0.289 e. The number of allylic oxidation sites excluding steroid dienone is 4. The first kappa shape index (κ1) is 10.7. The molecule has 1 nitrogen and oxygen atoms in total. The maximum absolute atomic E-state index is 12.1. The first-order chi connectivity index (χ1) is 7.33. The monoisotopic (exact) mass is 204 g/mol. The number of hydrogen-bond acceptors (Lipinski definition) is 1. The van der Waals surface area contributed by atoms with Crippen LogP contribution in [0.4, 0.5) is 0 Å². The molecule has 0 aromatic carbocycles. The normalized spacial score (nSPS) is 24.6. The lowest BCUT2D eigenvalue weighted by Gasteiger charge is -2.00. The van der Waals surface area contributed by atoms with Crippen LogP contribution in [0.25, 0.3) is 0 Å². The van der Waals surface area contributed by atoms with Crippen LogP contribution in [0.3, 0.4) is 0 Å². The van der Waals surface area contributed by atoms with Crippen LogP contribution in [0, 0.1) is 0 Å². The summed E-state index contributed by atoms with van der Waals surface area (Å²) in [5.41, 5.74) is 3.74. The summed E-state index contributed by atoms with van der Waals surface area (Å²) in [5, 5.41) is 0. The van der Waals surface area contributed by atoms with Crippen LogP contribution in [-0.2, 0) is 4.79 Å². The molecular weight excluding hydrogens is 184 g/mol. The first-order valence-corrected chi connectivity index (χ1v) is 6.27. The van der Waals surface area contributed by atoms with Gasteiger partial charge in [0.25, 0.3) is 0 Å². The smallest absolute Gasteiger partial charge is 0.184 e. The van der Waals surface area contributed by atoms with Crippen molar-refractivity contribution in [3.63, 3.8) is 0 Å². The van der Waals surface area contributed by atoms with Crippen molar-refractivity contribution in [2.24, 2.45) is 0 Å². The average molecular weight is 204 g/mol. The average Bonchev–Trinajstić information content (AvgIpc) is 2.84.